The molecule has 0 unspecified atom stereocenters. The molecule has 0 saturated heterocycles. The number of carbonyl (C=O) groups is 1. The van der Waals surface area contributed by atoms with Gasteiger partial charge in [0, 0.05) is 34.5 Å². The van der Waals surface area contributed by atoms with Crippen LogP contribution in [0.15, 0.2) is 59.5 Å². The van der Waals surface area contributed by atoms with Crippen LogP contribution in [0, 0.1) is 11.8 Å². The van der Waals surface area contributed by atoms with E-state index >= 15 is 0 Å². The van der Waals surface area contributed by atoms with Crippen LogP contribution in [0.1, 0.15) is 40.0 Å². The zero-order valence-electron chi connectivity index (χ0n) is 18.2. The topological polar surface area (TPSA) is 137 Å². The molecule has 9 nitrogen and oxygen atoms in total. The van der Waals surface area contributed by atoms with Gasteiger partial charge in [-0.2, -0.15) is 13.5 Å². The second kappa shape index (κ2) is 10.4. The smallest absolute Gasteiger partial charge is 0.333 e. The Hall–Kier alpha value is -2.44. The molecular formula is C23H25BrN4O5S. The molecule has 1 aromatic carbocycles. The van der Waals surface area contributed by atoms with Crippen LogP contribution in [0.5, 0.6) is 0 Å². The van der Waals surface area contributed by atoms with Crippen molar-refractivity contribution >= 4 is 32.0 Å². The molecular weight excluding hydrogens is 524 g/mol. The van der Waals surface area contributed by atoms with Crippen LogP contribution >= 0.6 is 15.9 Å². The zero-order valence-corrected chi connectivity index (χ0v) is 20.7. The standard InChI is InChI=1S/C23H25BrN4O5S/c24-19-3-1-2-15(10-19)13-28-7-5-21(27-28)23(30)20-12-26-6-4-17(20)8-16-9-18(22(29)11-16)14-33-34(25,31)32/h1-7,10,12,16,18,22,29H,8-9,11,13-14H2,(H2,25,31,32)/t16-,18-,22+/m1/s1. The first-order chi connectivity index (χ1) is 16.2. The Morgan fingerprint density at radius 1 is 1.26 bits per heavy atom. The van der Waals surface area contributed by atoms with Crippen molar-refractivity contribution in [1.29, 1.82) is 0 Å². The highest BCUT2D eigenvalue weighted by Gasteiger charge is 2.34. The molecule has 34 heavy (non-hydrogen) atoms. The van der Waals surface area contributed by atoms with Crippen LogP contribution in [0.25, 0.3) is 0 Å². The predicted octanol–water partition coefficient (Wildman–Crippen LogP) is 2.47. The Kier molecular flexibility index (Phi) is 7.58. The van der Waals surface area contributed by atoms with Crippen molar-refractivity contribution < 1.29 is 22.5 Å². The van der Waals surface area contributed by atoms with Crippen molar-refractivity contribution in [3.8, 4) is 0 Å². The van der Waals surface area contributed by atoms with E-state index in [-0.39, 0.29) is 24.2 Å². The van der Waals surface area contributed by atoms with E-state index in [2.05, 4.69) is 30.2 Å². The molecule has 0 bridgehead atoms. The van der Waals surface area contributed by atoms with Gasteiger partial charge >= 0.3 is 10.3 Å². The lowest BCUT2D eigenvalue weighted by Crippen LogP contribution is -2.24. The zero-order chi connectivity index (χ0) is 24.3. The van der Waals surface area contributed by atoms with Crippen LogP contribution in [0.2, 0.25) is 0 Å². The Morgan fingerprint density at radius 3 is 2.85 bits per heavy atom. The average Bonchev–Trinajstić information content (AvgIpc) is 3.38. The number of ketones is 1. The number of hydrogen-bond acceptors (Lipinski definition) is 7. The lowest BCUT2D eigenvalue weighted by Gasteiger charge is -2.13. The minimum absolute atomic E-state index is 0.0621. The van der Waals surface area contributed by atoms with E-state index in [4.69, 9.17) is 5.14 Å². The molecule has 3 atom stereocenters. The van der Waals surface area contributed by atoms with Crippen molar-refractivity contribution in [2.75, 3.05) is 6.61 Å². The fraction of sp³-hybridized carbons (Fsp3) is 0.348. The molecule has 1 saturated carbocycles. The van der Waals surface area contributed by atoms with Gasteiger partial charge in [-0.05, 0) is 60.6 Å². The quantitative estimate of drug-likeness (QED) is 0.391. The molecule has 3 aromatic rings. The summed E-state index contributed by atoms with van der Waals surface area (Å²) < 4.78 is 29.5. The maximum absolute atomic E-state index is 13.2. The molecule has 3 N–H and O–H groups in total. The van der Waals surface area contributed by atoms with Gasteiger partial charge in [-0.3, -0.25) is 18.6 Å². The molecule has 4 rings (SSSR count). The Bertz CT molecular complexity index is 1280. The molecule has 2 aromatic heterocycles. The number of carbonyl (C=O) groups excluding carboxylic acids is 1. The minimum atomic E-state index is -4.06. The third-order valence-electron chi connectivity index (χ3n) is 5.97. The lowest BCUT2D eigenvalue weighted by atomic mass is 9.93. The number of aliphatic hydroxyl groups is 1. The summed E-state index contributed by atoms with van der Waals surface area (Å²) in [5.41, 5.74) is 2.66. The number of aliphatic hydroxyl groups excluding tert-OH is 1. The summed E-state index contributed by atoms with van der Waals surface area (Å²) in [5, 5.41) is 19.7. The van der Waals surface area contributed by atoms with Gasteiger partial charge in [-0.1, -0.05) is 28.1 Å². The van der Waals surface area contributed by atoms with Crippen molar-refractivity contribution in [3.63, 3.8) is 0 Å². The fourth-order valence-corrected chi connectivity index (χ4v) is 5.20. The van der Waals surface area contributed by atoms with Gasteiger partial charge in [0.25, 0.3) is 0 Å². The van der Waals surface area contributed by atoms with E-state index < -0.39 is 16.4 Å². The van der Waals surface area contributed by atoms with Crippen LogP contribution in [-0.4, -0.2) is 46.8 Å². The van der Waals surface area contributed by atoms with Gasteiger partial charge in [-0.15, -0.1) is 0 Å². The first-order valence-electron chi connectivity index (χ1n) is 10.8. The van der Waals surface area contributed by atoms with Crippen LogP contribution in [-0.2, 0) is 27.5 Å². The molecule has 0 spiro atoms. The summed E-state index contributed by atoms with van der Waals surface area (Å²) >= 11 is 3.46. The number of pyridine rings is 1. The Balaban J connectivity index is 1.44. The molecule has 1 aliphatic carbocycles. The highest BCUT2D eigenvalue weighted by atomic mass is 79.9. The number of nitrogens with zero attached hydrogens (tertiary/aromatic N) is 3. The van der Waals surface area contributed by atoms with Gasteiger partial charge in [-0.25, -0.2) is 5.14 Å². The molecule has 11 heteroatoms. The number of halogens is 1. The lowest BCUT2D eigenvalue weighted by molar-refractivity contribution is 0.100. The number of aromatic nitrogens is 3. The summed E-state index contributed by atoms with van der Waals surface area (Å²) in [6, 6.07) is 11.4. The van der Waals surface area contributed by atoms with Gasteiger partial charge in [0.15, 0.2) is 0 Å². The van der Waals surface area contributed by atoms with Crippen LogP contribution < -0.4 is 5.14 Å². The summed E-state index contributed by atoms with van der Waals surface area (Å²) in [6.07, 6.45) is 5.84. The largest absolute Gasteiger partial charge is 0.393 e. The van der Waals surface area contributed by atoms with E-state index in [9.17, 15) is 18.3 Å². The second-order valence-electron chi connectivity index (χ2n) is 8.54. The SMILES string of the molecule is NS(=O)(=O)OC[C@H]1C[C@@H](Cc2ccncc2C(=O)c2ccn(Cc3cccc(Br)c3)n2)C[C@@H]1O. The predicted molar refractivity (Wildman–Crippen MR) is 128 cm³/mol. The molecule has 2 heterocycles. The number of hydrogen-bond donors (Lipinski definition) is 2. The van der Waals surface area contributed by atoms with Crippen LogP contribution in [0.3, 0.4) is 0 Å². The van der Waals surface area contributed by atoms with Gasteiger partial charge in [0.2, 0.25) is 5.78 Å². The van der Waals surface area contributed by atoms with E-state index in [1.165, 1.54) is 6.20 Å². The van der Waals surface area contributed by atoms with Gasteiger partial charge < -0.3 is 5.11 Å². The van der Waals surface area contributed by atoms with Crippen LogP contribution in [0.4, 0.5) is 0 Å². The van der Waals surface area contributed by atoms with Crippen molar-refractivity contribution in [1.82, 2.24) is 14.8 Å². The van der Waals surface area contributed by atoms with Crippen molar-refractivity contribution in [2.45, 2.75) is 31.9 Å². The minimum Gasteiger partial charge on any atom is -0.393 e. The highest BCUT2D eigenvalue weighted by Crippen LogP contribution is 2.34. The van der Waals surface area contributed by atoms with E-state index in [1.807, 2.05) is 24.3 Å². The van der Waals surface area contributed by atoms with E-state index in [0.717, 1.165) is 15.6 Å². The monoisotopic (exact) mass is 548 g/mol. The number of rotatable bonds is 9. The Morgan fingerprint density at radius 2 is 2.09 bits per heavy atom. The number of benzene rings is 1. The van der Waals surface area contributed by atoms with Gasteiger partial charge in [0.1, 0.15) is 5.69 Å². The molecule has 0 radical (unpaired) electrons. The molecule has 1 aliphatic rings. The van der Waals surface area contributed by atoms with Gasteiger partial charge in [0.05, 0.1) is 19.3 Å². The highest BCUT2D eigenvalue weighted by molar-refractivity contribution is 9.10. The summed E-state index contributed by atoms with van der Waals surface area (Å²) in [5.74, 6) is -0.492. The first-order valence-corrected chi connectivity index (χ1v) is 13.0. The first kappa shape index (κ1) is 24.7. The average molecular weight is 549 g/mol. The third kappa shape index (κ3) is 6.36. The fourth-order valence-electron chi connectivity index (χ4n) is 4.39. The number of nitrogens with two attached hydrogens (primary N) is 1. The molecule has 1 fully saturated rings. The van der Waals surface area contributed by atoms with Crippen molar-refractivity contribution in [3.05, 3.63) is 81.8 Å². The van der Waals surface area contributed by atoms with E-state index in [0.29, 0.717) is 37.1 Å². The summed E-state index contributed by atoms with van der Waals surface area (Å²) in [4.78, 5) is 17.4. The second-order valence-corrected chi connectivity index (χ2v) is 10.7. The molecule has 0 aliphatic heterocycles. The van der Waals surface area contributed by atoms with E-state index in [1.54, 1.807) is 29.2 Å². The summed E-state index contributed by atoms with van der Waals surface area (Å²) in [7, 11) is -4.06. The van der Waals surface area contributed by atoms with Crippen molar-refractivity contribution in [2.24, 2.45) is 17.0 Å². The molecule has 180 valence electrons. The Labute approximate surface area is 206 Å². The maximum atomic E-state index is 13.2. The maximum Gasteiger partial charge on any atom is 0.333 e. The third-order valence-corrected chi connectivity index (χ3v) is 6.93. The normalized spacial score (nSPS) is 20.5. The molecule has 0 amide bonds. The summed E-state index contributed by atoms with van der Waals surface area (Å²) in [6.45, 7) is 0.378.